The van der Waals surface area contributed by atoms with E-state index in [2.05, 4.69) is 5.32 Å². The zero-order chi connectivity index (χ0) is 24.7. The van der Waals surface area contributed by atoms with Crippen LogP contribution in [0.15, 0.2) is 72.8 Å². The van der Waals surface area contributed by atoms with E-state index >= 15 is 0 Å². The Balaban J connectivity index is 0.00000432. The molecule has 0 aliphatic rings. The lowest BCUT2D eigenvalue weighted by Crippen LogP contribution is -2.32. The molecule has 9 heteroatoms. The number of alkyl halides is 3. The summed E-state index contributed by atoms with van der Waals surface area (Å²) in [6, 6.07) is 21.0. The van der Waals surface area contributed by atoms with Crippen LogP contribution in [-0.2, 0) is 6.42 Å². The molecule has 5 nitrogen and oxygen atoms in total. The number of carbonyl (C=O) groups is 1. The first kappa shape index (κ1) is 28.2. The van der Waals surface area contributed by atoms with Crippen LogP contribution in [0.25, 0.3) is 11.1 Å². The van der Waals surface area contributed by atoms with E-state index in [9.17, 15) is 28.2 Å². The topological polar surface area (TPSA) is 78.8 Å². The molecule has 35 heavy (non-hydrogen) atoms. The predicted octanol–water partition coefficient (Wildman–Crippen LogP) is 5.67. The summed E-state index contributed by atoms with van der Waals surface area (Å²) in [6.07, 6.45) is -4.47. The third-order valence-electron chi connectivity index (χ3n) is 5.28. The lowest BCUT2D eigenvalue weighted by atomic mass is 9.99. The van der Waals surface area contributed by atoms with E-state index in [1.54, 1.807) is 0 Å². The van der Waals surface area contributed by atoms with Gasteiger partial charge in [-0.25, -0.2) is 4.79 Å². The molecule has 188 valence electrons. The van der Waals surface area contributed by atoms with E-state index in [0.29, 0.717) is 18.5 Å². The summed E-state index contributed by atoms with van der Waals surface area (Å²) < 4.78 is 42.4. The van der Waals surface area contributed by atoms with Gasteiger partial charge in [-0.1, -0.05) is 60.7 Å². The Morgan fingerprint density at radius 1 is 1.00 bits per heavy atom. The monoisotopic (exact) mass is 509 g/mol. The van der Waals surface area contributed by atoms with E-state index < -0.39 is 24.9 Å². The largest absolute Gasteiger partial charge is 0.483 e. The molecule has 0 saturated heterocycles. The van der Waals surface area contributed by atoms with Gasteiger partial charge >= 0.3 is 12.1 Å². The number of benzene rings is 3. The Morgan fingerprint density at radius 3 is 2.23 bits per heavy atom. The first-order valence-corrected chi connectivity index (χ1v) is 10.7. The van der Waals surface area contributed by atoms with Crippen LogP contribution in [-0.4, -0.2) is 41.6 Å². The molecule has 3 N–H and O–H groups in total. The maximum atomic E-state index is 12.5. The van der Waals surface area contributed by atoms with E-state index in [1.165, 1.54) is 18.2 Å². The van der Waals surface area contributed by atoms with Gasteiger partial charge in [0.1, 0.15) is 11.3 Å². The molecular weight excluding hydrogens is 483 g/mol. The van der Waals surface area contributed by atoms with Crippen LogP contribution in [0.2, 0.25) is 0 Å². The quantitative estimate of drug-likeness (QED) is 0.328. The van der Waals surface area contributed by atoms with Crippen LogP contribution in [0.4, 0.5) is 13.2 Å². The van der Waals surface area contributed by atoms with Gasteiger partial charge in [-0.05, 0) is 47.7 Å². The number of hydrogen-bond acceptors (Lipinski definition) is 4. The Labute approximate surface area is 208 Å². The van der Waals surface area contributed by atoms with Gasteiger partial charge in [-0.3, -0.25) is 0 Å². The fourth-order valence-electron chi connectivity index (χ4n) is 3.52. The average molecular weight is 510 g/mol. The third-order valence-corrected chi connectivity index (χ3v) is 5.28. The molecule has 3 aromatic rings. The number of rotatable bonds is 10. The van der Waals surface area contributed by atoms with Gasteiger partial charge in [0, 0.05) is 12.6 Å². The average Bonchev–Trinajstić information content (AvgIpc) is 2.81. The van der Waals surface area contributed by atoms with Crippen molar-refractivity contribution in [3.8, 4) is 16.9 Å². The van der Waals surface area contributed by atoms with Crippen LogP contribution >= 0.6 is 12.4 Å². The minimum Gasteiger partial charge on any atom is -0.483 e. The van der Waals surface area contributed by atoms with Crippen molar-refractivity contribution >= 4 is 18.4 Å². The van der Waals surface area contributed by atoms with Crippen molar-refractivity contribution in [2.45, 2.75) is 31.7 Å². The highest BCUT2D eigenvalue weighted by atomic mass is 35.5. The molecule has 0 fully saturated rings. The van der Waals surface area contributed by atoms with Gasteiger partial charge < -0.3 is 20.3 Å². The lowest BCUT2D eigenvalue weighted by molar-refractivity contribution is -0.153. The fraction of sp³-hybridized carbons (Fsp3) is 0.269. The lowest BCUT2D eigenvalue weighted by Gasteiger charge is -2.18. The summed E-state index contributed by atoms with van der Waals surface area (Å²) in [5.41, 5.74) is 2.82. The van der Waals surface area contributed by atoms with Crippen molar-refractivity contribution in [1.82, 2.24) is 5.32 Å². The fourth-order valence-corrected chi connectivity index (χ4v) is 3.52. The number of carboxylic acids is 1. The molecule has 2 atom stereocenters. The molecule has 0 aliphatic carbocycles. The maximum absolute atomic E-state index is 12.5. The zero-order valence-electron chi connectivity index (χ0n) is 19.0. The second kappa shape index (κ2) is 12.6. The summed E-state index contributed by atoms with van der Waals surface area (Å²) in [4.78, 5) is 11.3. The molecule has 0 unspecified atom stereocenters. The SMILES string of the molecule is C[C@H](Cc1ccc(-c2ccc(C(=O)O)c(OCC(F)(F)F)c2)cc1)NC[C@H](O)c1ccccc1.Cl. The molecule has 0 aromatic heterocycles. The van der Waals surface area contributed by atoms with Crippen LogP contribution in [0.1, 0.15) is 34.5 Å². The highest BCUT2D eigenvalue weighted by Crippen LogP contribution is 2.29. The number of carboxylic acid groups (broad SMARTS) is 1. The summed E-state index contributed by atoms with van der Waals surface area (Å²) in [7, 11) is 0. The first-order chi connectivity index (χ1) is 16.1. The van der Waals surface area contributed by atoms with Crippen molar-refractivity contribution < 1.29 is 32.9 Å². The molecule has 0 heterocycles. The summed E-state index contributed by atoms with van der Waals surface area (Å²) in [5, 5.41) is 22.8. The molecule has 0 amide bonds. The highest BCUT2D eigenvalue weighted by molar-refractivity contribution is 5.92. The molecule has 0 bridgehead atoms. The third kappa shape index (κ3) is 8.58. The normalized spacial score (nSPS) is 12.9. The van der Waals surface area contributed by atoms with Gasteiger partial charge in [-0.15, -0.1) is 12.4 Å². The van der Waals surface area contributed by atoms with Gasteiger partial charge in [0.05, 0.1) is 6.10 Å². The standard InChI is InChI=1S/C26H26F3NO4.ClH/c1-17(30-15-23(31)20-5-3-2-4-6-20)13-18-7-9-19(10-8-18)21-11-12-22(25(32)33)24(14-21)34-16-26(27,28)29;/h2-12,14,17,23,30-31H,13,15-16H2,1H3,(H,32,33);1H/t17-,23+;/m1./s1. The van der Waals surface area contributed by atoms with Crippen LogP contribution < -0.4 is 10.1 Å². The highest BCUT2D eigenvalue weighted by Gasteiger charge is 2.29. The maximum Gasteiger partial charge on any atom is 0.422 e. The predicted molar refractivity (Wildman–Crippen MR) is 130 cm³/mol. The molecule has 3 aromatic carbocycles. The van der Waals surface area contributed by atoms with E-state index in [-0.39, 0.29) is 29.8 Å². The Hall–Kier alpha value is -3.07. The van der Waals surface area contributed by atoms with Crippen molar-refractivity contribution in [3.63, 3.8) is 0 Å². The Bertz CT molecular complexity index is 1090. The summed E-state index contributed by atoms with van der Waals surface area (Å²) in [5.74, 6) is -1.70. The van der Waals surface area contributed by atoms with Gasteiger partial charge in [-0.2, -0.15) is 13.2 Å². The number of ether oxygens (including phenoxy) is 1. The second-order valence-corrected chi connectivity index (χ2v) is 8.06. The van der Waals surface area contributed by atoms with Gasteiger partial charge in [0.2, 0.25) is 0 Å². The van der Waals surface area contributed by atoms with Crippen molar-refractivity contribution in [1.29, 1.82) is 0 Å². The minimum absolute atomic E-state index is 0. The van der Waals surface area contributed by atoms with Crippen LogP contribution in [0.3, 0.4) is 0 Å². The molecule has 0 aliphatic heterocycles. The summed E-state index contributed by atoms with van der Waals surface area (Å²) in [6.45, 7) is 0.861. The molecule has 0 radical (unpaired) electrons. The van der Waals surface area contributed by atoms with Crippen molar-refractivity contribution in [2.24, 2.45) is 0 Å². The zero-order valence-corrected chi connectivity index (χ0v) is 19.8. The van der Waals surface area contributed by atoms with Crippen molar-refractivity contribution in [2.75, 3.05) is 13.2 Å². The van der Waals surface area contributed by atoms with Crippen LogP contribution in [0, 0.1) is 0 Å². The van der Waals surface area contributed by atoms with E-state index in [4.69, 9.17) is 4.74 Å². The molecule has 0 saturated carbocycles. The number of aromatic carboxylic acids is 1. The molecule has 3 rings (SSSR count). The first-order valence-electron chi connectivity index (χ1n) is 10.7. The van der Waals surface area contributed by atoms with E-state index in [1.807, 2.05) is 61.5 Å². The van der Waals surface area contributed by atoms with E-state index in [0.717, 1.165) is 16.7 Å². The Kier molecular flexibility index (Phi) is 10.1. The second-order valence-electron chi connectivity index (χ2n) is 8.06. The minimum atomic E-state index is -4.57. The van der Waals surface area contributed by atoms with Crippen molar-refractivity contribution in [3.05, 3.63) is 89.5 Å². The van der Waals surface area contributed by atoms with Gasteiger partial charge in [0.15, 0.2) is 6.61 Å². The summed E-state index contributed by atoms with van der Waals surface area (Å²) >= 11 is 0. The number of hydrogen-bond donors (Lipinski definition) is 3. The smallest absolute Gasteiger partial charge is 0.422 e. The number of nitrogens with one attached hydrogen (secondary N) is 1. The Morgan fingerprint density at radius 2 is 1.63 bits per heavy atom. The number of halogens is 4. The molecular formula is C26H27ClF3NO4. The number of aliphatic hydroxyl groups excluding tert-OH is 1. The number of aliphatic hydroxyl groups is 1. The van der Waals surface area contributed by atoms with Gasteiger partial charge in [0.25, 0.3) is 0 Å². The molecule has 0 spiro atoms. The van der Waals surface area contributed by atoms with Crippen LogP contribution in [0.5, 0.6) is 5.75 Å².